The lowest BCUT2D eigenvalue weighted by atomic mass is 9.96. The number of hydrogen-bond donors (Lipinski definition) is 3. The Morgan fingerprint density at radius 2 is 2.00 bits per heavy atom. The summed E-state index contributed by atoms with van der Waals surface area (Å²) in [4.78, 5) is 3.65. The molecule has 1 aromatic carbocycles. The summed E-state index contributed by atoms with van der Waals surface area (Å²) in [6, 6.07) is 3.74. The van der Waals surface area contributed by atoms with Crippen molar-refractivity contribution in [2.24, 2.45) is 10.7 Å². The third-order valence-corrected chi connectivity index (χ3v) is 5.56. The number of aliphatic imine (C=N–C) groups is 1. The maximum Gasteiger partial charge on any atom is 0.243 e. The molecule has 0 spiro atoms. The van der Waals surface area contributed by atoms with Gasteiger partial charge in [0.15, 0.2) is 5.96 Å². The molecule has 4 N–H and O–H groups in total. The molecule has 1 aromatic rings. The standard InChI is InChI=1S/C15H22ClFN4O2S.HI/c16-11-6-7-14(13(17)10-11)24(22,23)20-9-8-19-15(18)21-12-4-2-1-3-5-12;/h6-7,10,12,20H,1-5,8-9H2,(H3,18,19,21);1H. The minimum absolute atomic E-state index is 0. The number of nitrogens with two attached hydrogens (primary N) is 1. The molecule has 2 rings (SSSR count). The van der Waals surface area contributed by atoms with Crippen molar-refractivity contribution >= 4 is 51.6 Å². The third kappa shape index (κ3) is 7.24. The van der Waals surface area contributed by atoms with E-state index >= 15 is 0 Å². The van der Waals surface area contributed by atoms with Gasteiger partial charge in [0.2, 0.25) is 10.0 Å². The van der Waals surface area contributed by atoms with E-state index < -0.39 is 20.7 Å². The van der Waals surface area contributed by atoms with Crippen molar-refractivity contribution in [3.63, 3.8) is 0 Å². The number of sulfonamides is 1. The van der Waals surface area contributed by atoms with Crippen molar-refractivity contribution in [1.82, 2.24) is 10.0 Å². The maximum absolute atomic E-state index is 13.7. The molecule has 0 aliphatic heterocycles. The van der Waals surface area contributed by atoms with Gasteiger partial charge in [0, 0.05) is 17.6 Å². The highest BCUT2D eigenvalue weighted by Crippen LogP contribution is 2.19. The summed E-state index contributed by atoms with van der Waals surface area (Å²) in [5.41, 5.74) is 5.79. The van der Waals surface area contributed by atoms with E-state index in [-0.39, 0.29) is 42.1 Å². The van der Waals surface area contributed by atoms with E-state index in [4.69, 9.17) is 17.3 Å². The first kappa shape index (κ1) is 22.4. The van der Waals surface area contributed by atoms with Crippen LogP contribution in [0.15, 0.2) is 28.1 Å². The Kier molecular flexibility index (Phi) is 9.39. The Balaban J connectivity index is 0.00000312. The van der Waals surface area contributed by atoms with E-state index in [0.29, 0.717) is 12.0 Å². The first-order valence-corrected chi connectivity index (χ1v) is 9.76. The number of nitrogens with one attached hydrogen (secondary N) is 2. The predicted octanol–water partition coefficient (Wildman–Crippen LogP) is 2.61. The SMILES string of the molecule is I.NC(=NCCNS(=O)(=O)c1ccc(Cl)cc1F)NC1CCCCC1. The van der Waals surface area contributed by atoms with Crippen molar-refractivity contribution in [3.8, 4) is 0 Å². The number of nitrogens with zero attached hydrogens (tertiary/aromatic N) is 1. The second-order valence-corrected chi connectivity index (χ2v) is 7.89. The van der Waals surface area contributed by atoms with Crippen LogP contribution < -0.4 is 15.8 Å². The van der Waals surface area contributed by atoms with Crippen molar-refractivity contribution in [2.45, 2.75) is 43.0 Å². The average molecular weight is 505 g/mol. The fourth-order valence-electron chi connectivity index (χ4n) is 2.63. The fraction of sp³-hybridized carbons (Fsp3) is 0.533. The monoisotopic (exact) mass is 504 g/mol. The first-order valence-electron chi connectivity index (χ1n) is 7.89. The van der Waals surface area contributed by atoms with Crippen LogP contribution in [0.25, 0.3) is 0 Å². The van der Waals surface area contributed by atoms with Crippen molar-refractivity contribution in [3.05, 3.63) is 29.0 Å². The second kappa shape index (κ2) is 10.5. The summed E-state index contributed by atoms with van der Waals surface area (Å²) < 4.78 is 40.0. The summed E-state index contributed by atoms with van der Waals surface area (Å²) in [5, 5.41) is 3.28. The molecule has 1 aliphatic rings. The highest BCUT2D eigenvalue weighted by molar-refractivity contribution is 14.0. The maximum atomic E-state index is 13.7. The van der Waals surface area contributed by atoms with Crippen LogP contribution in [0.3, 0.4) is 0 Å². The largest absolute Gasteiger partial charge is 0.370 e. The van der Waals surface area contributed by atoms with Gasteiger partial charge in [-0.25, -0.2) is 17.5 Å². The van der Waals surface area contributed by atoms with E-state index in [1.165, 1.54) is 25.3 Å². The van der Waals surface area contributed by atoms with Crippen LogP contribution in [-0.4, -0.2) is 33.5 Å². The summed E-state index contributed by atoms with van der Waals surface area (Å²) in [5.74, 6) is -0.587. The van der Waals surface area contributed by atoms with Gasteiger partial charge in [-0.2, -0.15) is 0 Å². The normalized spacial score (nSPS) is 16.3. The third-order valence-electron chi connectivity index (χ3n) is 3.83. The van der Waals surface area contributed by atoms with Crippen LogP contribution in [0.5, 0.6) is 0 Å². The fourth-order valence-corrected chi connectivity index (χ4v) is 3.87. The number of halogens is 3. The molecule has 6 nitrogen and oxygen atoms in total. The molecule has 0 atom stereocenters. The molecule has 10 heteroatoms. The Morgan fingerprint density at radius 1 is 1.32 bits per heavy atom. The lowest BCUT2D eigenvalue weighted by molar-refractivity contribution is 0.412. The minimum Gasteiger partial charge on any atom is -0.370 e. The van der Waals surface area contributed by atoms with Crippen LogP contribution in [0.1, 0.15) is 32.1 Å². The molecule has 0 radical (unpaired) electrons. The zero-order chi connectivity index (χ0) is 17.6. The minimum atomic E-state index is -3.95. The Bertz CT molecular complexity index is 697. The van der Waals surface area contributed by atoms with Gasteiger partial charge in [-0.1, -0.05) is 30.9 Å². The van der Waals surface area contributed by atoms with E-state index in [1.54, 1.807) is 0 Å². The van der Waals surface area contributed by atoms with Crippen molar-refractivity contribution in [1.29, 1.82) is 0 Å². The lowest BCUT2D eigenvalue weighted by Gasteiger charge is -2.23. The van der Waals surface area contributed by atoms with Gasteiger partial charge in [-0.05, 0) is 31.0 Å². The van der Waals surface area contributed by atoms with Gasteiger partial charge in [0.05, 0.1) is 6.54 Å². The smallest absolute Gasteiger partial charge is 0.243 e. The van der Waals surface area contributed by atoms with Gasteiger partial charge >= 0.3 is 0 Å². The quantitative estimate of drug-likeness (QED) is 0.240. The molecular weight excluding hydrogens is 482 g/mol. The van der Waals surface area contributed by atoms with E-state index in [9.17, 15) is 12.8 Å². The molecule has 0 bridgehead atoms. The molecule has 1 saturated carbocycles. The topological polar surface area (TPSA) is 96.6 Å². The lowest BCUT2D eigenvalue weighted by Crippen LogP contribution is -2.41. The Labute approximate surface area is 169 Å². The number of guanidine groups is 1. The predicted molar refractivity (Wildman–Crippen MR) is 109 cm³/mol. The number of rotatable bonds is 6. The van der Waals surface area contributed by atoms with E-state index in [1.807, 2.05) is 0 Å². The van der Waals surface area contributed by atoms with Crippen molar-refractivity contribution in [2.75, 3.05) is 13.1 Å². The molecule has 1 aliphatic carbocycles. The Hall–Kier alpha value is -0.650. The van der Waals surface area contributed by atoms with Gasteiger partial charge in [-0.15, -0.1) is 24.0 Å². The van der Waals surface area contributed by atoms with Crippen LogP contribution >= 0.6 is 35.6 Å². The number of hydrogen-bond acceptors (Lipinski definition) is 3. The van der Waals surface area contributed by atoms with Crippen LogP contribution in [0, 0.1) is 5.82 Å². The highest BCUT2D eigenvalue weighted by Gasteiger charge is 2.18. The van der Waals surface area contributed by atoms with Crippen LogP contribution in [0.2, 0.25) is 5.02 Å². The van der Waals surface area contributed by atoms with Crippen LogP contribution in [-0.2, 0) is 10.0 Å². The van der Waals surface area contributed by atoms with Gasteiger partial charge in [-0.3, -0.25) is 4.99 Å². The number of benzene rings is 1. The highest BCUT2D eigenvalue weighted by atomic mass is 127. The summed E-state index contributed by atoms with van der Waals surface area (Å²) in [6.07, 6.45) is 5.74. The zero-order valence-electron chi connectivity index (χ0n) is 13.7. The molecule has 0 saturated heterocycles. The summed E-state index contributed by atoms with van der Waals surface area (Å²) >= 11 is 5.61. The molecule has 25 heavy (non-hydrogen) atoms. The molecule has 0 aromatic heterocycles. The van der Waals surface area contributed by atoms with E-state index in [2.05, 4.69) is 15.0 Å². The summed E-state index contributed by atoms with van der Waals surface area (Å²) in [7, 11) is -3.95. The summed E-state index contributed by atoms with van der Waals surface area (Å²) in [6.45, 7) is 0.192. The molecule has 1 fully saturated rings. The molecule has 142 valence electrons. The molecule has 0 amide bonds. The van der Waals surface area contributed by atoms with Gasteiger partial charge in [0.1, 0.15) is 10.7 Å². The molecule has 0 heterocycles. The van der Waals surface area contributed by atoms with E-state index in [0.717, 1.165) is 25.0 Å². The second-order valence-electron chi connectivity index (χ2n) is 5.72. The first-order chi connectivity index (χ1) is 11.4. The zero-order valence-corrected chi connectivity index (χ0v) is 17.6. The van der Waals surface area contributed by atoms with Gasteiger partial charge in [0.25, 0.3) is 0 Å². The molecular formula is C15H23ClFIN4O2S. The van der Waals surface area contributed by atoms with Gasteiger partial charge < -0.3 is 11.1 Å². The van der Waals surface area contributed by atoms with Crippen LogP contribution in [0.4, 0.5) is 4.39 Å². The average Bonchev–Trinajstić information content (AvgIpc) is 2.52. The van der Waals surface area contributed by atoms with Crippen molar-refractivity contribution < 1.29 is 12.8 Å². The Morgan fingerprint density at radius 3 is 2.64 bits per heavy atom. The molecule has 0 unspecified atom stereocenters.